The van der Waals surface area contributed by atoms with Crippen LogP contribution < -0.4 is 5.73 Å². The van der Waals surface area contributed by atoms with Crippen molar-refractivity contribution in [1.29, 1.82) is 0 Å². The summed E-state index contributed by atoms with van der Waals surface area (Å²) in [6, 6.07) is 4.60. The number of nitrogens with two attached hydrogens (primary N) is 1. The van der Waals surface area contributed by atoms with Crippen molar-refractivity contribution in [3.8, 4) is 0 Å². The van der Waals surface area contributed by atoms with Crippen molar-refractivity contribution < 1.29 is 21.8 Å². The number of hydrogen-bond donors (Lipinski definition) is 1. The number of nitrogens with zero attached hydrogens (tertiary/aromatic N) is 1. The molecule has 1 aromatic heterocycles. The minimum absolute atomic E-state index is 0.208. The maximum Gasteiger partial charge on any atom is 0.390 e. The predicted molar refractivity (Wildman–Crippen MR) is 60.4 cm³/mol. The van der Waals surface area contributed by atoms with Gasteiger partial charge in [0.25, 0.3) is 5.22 Å². The highest BCUT2D eigenvalue weighted by Gasteiger charge is 2.28. The molecule has 4 nitrogen and oxygen atoms in total. The number of fused-ring (bicyclic) bond motifs is 1. The van der Waals surface area contributed by atoms with Crippen LogP contribution in [0.1, 0.15) is 6.42 Å². The van der Waals surface area contributed by atoms with Crippen molar-refractivity contribution in [2.24, 2.45) is 0 Å². The van der Waals surface area contributed by atoms with Crippen molar-refractivity contribution >= 4 is 27.6 Å². The molecule has 18 heavy (non-hydrogen) atoms. The number of anilines is 1. The molecular weight excluding hydrogens is 269 g/mol. The Morgan fingerprint density at radius 3 is 2.78 bits per heavy atom. The first-order valence-corrected chi connectivity index (χ1v) is 6.28. The first kappa shape index (κ1) is 12.9. The Bertz CT molecular complexity index is 594. The van der Waals surface area contributed by atoms with E-state index in [9.17, 15) is 17.4 Å². The third-order valence-electron chi connectivity index (χ3n) is 2.16. The van der Waals surface area contributed by atoms with E-state index >= 15 is 0 Å². The van der Waals surface area contributed by atoms with E-state index < -0.39 is 29.1 Å². The van der Waals surface area contributed by atoms with Crippen LogP contribution in [0.2, 0.25) is 0 Å². The summed E-state index contributed by atoms with van der Waals surface area (Å²) in [5.74, 6) is -0.564. The third kappa shape index (κ3) is 3.00. The fraction of sp³-hybridized carbons (Fsp3) is 0.300. The number of rotatable bonds is 3. The van der Waals surface area contributed by atoms with Gasteiger partial charge in [-0.2, -0.15) is 13.2 Å². The molecule has 0 aliphatic rings. The van der Waals surface area contributed by atoms with Gasteiger partial charge in [0.1, 0.15) is 16.3 Å². The maximum absolute atomic E-state index is 12.0. The Balaban J connectivity index is 2.18. The number of hydrogen-bond acceptors (Lipinski definition) is 4. The number of benzene rings is 1. The molecule has 1 aromatic carbocycles. The van der Waals surface area contributed by atoms with E-state index in [4.69, 9.17) is 10.2 Å². The second-order valence-corrected chi connectivity index (χ2v) is 5.07. The molecule has 0 spiro atoms. The van der Waals surface area contributed by atoms with Crippen LogP contribution in [0, 0.1) is 0 Å². The van der Waals surface area contributed by atoms with Gasteiger partial charge < -0.3 is 10.2 Å². The van der Waals surface area contributed by atoms with Crippen molar-refractivity contribution in [2.45, 2.75) is 17.8 Å². The van der Waals surface area contributed by atoms with Gasteiger partial charge in [-0.05, 0) is 18.2 Å². The Morgan fingerprint density at radius 2 is 2.11 bits per heavy atom. The highest BCUT2D eigenvalue weighted by Crippen LogP contribution is 2.23. The van der Waals surface area contributed by atoms with E-state index in [1.807, 2.05) is 0 Å². The van der Waals surface area contributed by atoms with E-state index in [0.717, 1.165) is 0 Å². The van der Waals surface area contributed by atoms with Gasteiger partial charge in [0.05, 0.1) is 6.42 Å². The molecule has 0 radical (unpaired) electrons. The van der Waals surface area contributed by atoms with Crippen LogP contribution in [0.3, 0.4) is 0 Å². The van der Waals surface area contributed by atoms with Gasteiger partial charge >= 0.3 is 6.18 Å². The smallest absolute Gasteiger partial charge is 0.390 e. The topological polar surface area (TPSA) is 69.1 Å². The van der Waals surface area contributed by atoms with Crippen LogP contribution >= 0.6 is 0 Å². The predicted octanol–water partition coefficient (Wildman–Crippen LogP) is 2.47. The summed E-state index contributed by atoms with van der Waals surface area (Å²) in [6.07, 6.45) is -5.48. The molecule has 98 valence electrons. The van der Waals surface area contributed by atoms with Gasteiger partial charge in [0, 0.05) is 11.4 Å². The lowest BCUT2D eigenvalue weighted by molar-refractivity contribution is -0.129. The molecule has 0 aliphatic carbocycles. The van der Waals surface area contributed by atoms with E-state index in [0.29, 0.717) is 16.8 Å². The zero-order valence-electron chi connectivity index (χ0n) is 9.03. The van der Waals surface area contributed by atoms with E-state index in [-0.39, 0.29) is 5.22 Å². The molecule has 0 aliphatic heterocycles. The lowest BCUT2D eigenvalue weighted by Crippen LogP contribution is -2.12. The monoisotopic (exact) mass is 278 g/mol. The lowest BCUT2D eigenvalue weighted by Gasteiger charge is -2.03. The fourth-order valence-corrected chi connectivity index (χ4v) is 2.29. The second-order valence-electron chi connectivity index (χ2n) is 3.62. The normalized spacial score (nSPS) is 13.9. The highest BCUT2D eigenvalue weighted by molar-refractivity contribution is 7.84. The van der Waals surface area contributed by atoms with Crippen LogP contribution in [-0.2, 0) is 10.8 Å². The molecule has 0 saturated carbocycles. The van der Waals surface area contributed by atoms with Gasteiger partial charge in [-0.15, -0.1) is 0 Å². The van der Waals surface area contributed by atoms with Crippen molar-refractivity contribution in [2.75, 3.05) is 11.5 Å². The molecule has 1 atom stereocenters. The standard InChI is InChI=1S/C10H9F3N2O2S/c11-10(12,13)3-4-18(16)9-15-7-5-6(14)1-2-8(7)17-9/h1-2,5H,3-4,14H2. The van der Waals surface area contributed by atoms with Gasteiger partial charge in [-0.25, -0.2) is 9.19 Å². The molecule has 2 rings (SSSR count). The second kappa shape index (κ2) is 4.60. The summed E-state index contributed by atoms with van der Waals surface area (Å²) < 4.78 is 52.6. The molecule has 0 amide bonds. The number of halogens is 3. The van der Waals surface area contributed by atoms with E-state index in [2.05, 4.69) is 4.98 Å². The molecular formula is C10H9F3N2O2S. The number of oxazole rings is 1. The van der Waals surface area contributed by atoms with Crippen molar-refractivity contribution in [3.05, 3.63) is 18.2 Å². The summed E-state index contributed by atoms with van der Waals surface area (Å²) in [5.41, 5.74) is 6.69. The average Bonchev–Trinajstić information content (AvgIpc) is 2.67. The molecule has 8 heteroatoms. The zero-order chi connectivity index (χ0) is 13.3. The van der Waals surface area contributed by atoms with E-state index in [1.54, 1.807) is 6.07 Å². The van der Waals surface area contributed by atoms with Crippen LogP contribution in [0.25, 0.3) is 11.1 Å². The van der Waals surface area contributed by atoms with Crippen LogP contribution in [0.15, 0.2) is 27.8 Å². The summed E-state index contributed by atoms with van der Waals surface area (Å²) >= 11 is 0. The fourth-order valence-electron chi connectivity index (χ4n) is 1.32. The Kier molecular flexibility index (Phi) is 3.29. The van der Waals surface area contributed by atoms with Gasteiger partial charge in [-0.1, -0.05) is 0 Å². The minimum Gasteiger partial charge on any atom is -0.430 e. The first-order chi connectivity index (χ1) is 8.35. The van der Waals surface area contributed by atoms with Crippen molar-refractivity contribution in [3.63, 3.8) is 0 Å². The molecule has 0 saturated heterocycles. The summed E-state index contributed by atoms with van der Waals surface area (Å²) in [6.45, 7) is 0. The van der Waals surface area contributed by atoms with Crippen LogP contribution in [0.4, 0.5) is 18.9 Å². The average molecular weight is 278 g/mol. The van der Waals surface area contributed by atoms with Crippen LogP contribution in [0.5, 0.6) is 0 Å². The van der Waals surface area contributed by atoms with E-state index in [1.165, 1.54) is 12.1 Å². The Hall–Kier alpha value is -1.57. The zero-order valence-corrected chi connectivity index (χ0v) is 9.85. The highest BCUT2D eigenvalue weighted by atomic mass is 32.2. The van der Waals surface area contributed by atoms with Crippen LogP contribution in [-0.4, -0.2) is 21.1 Å². The molecule has 0 fully saturated rings. The third-order valence-corrected chi connectivity index (χ3v) is 3.30. The Labute approximate surface area is 102 Å². The minimum atomic E-state index is -4.34. The van der Waals surface area contributed by atoms with Crippen molar-refractivity contribution in [1.82, 2.24) is 4.98 Å². The molecule has 1 heterocycles. The largest absolute Gasteiger partial charge is 0.430 e. The Morgan fingerprint density at radius 1 is 1.39 bits per heavy atom. The summed E-state index contributed by atoms with van der Waals surface area (Å²) in [4.78, 5) is 3.86. The summed E-state index contributed by atoms with van der Waals surface area (Å²) in [5, 5.41) is -0.208. The van der Waals surface area contributed by atoms with Gasteiger partial charge in [-0.3, -0.25) is 0 Å². The molecule has 2 aromatic rings. The lowest BCUT2D eigenvalue weighted by atomic mass is 10.3. The molecule has 0 bridgehead atoms. The van der Waals surface area contributed by atoms with Gasteiger partial charge in [0.2, 0.25) is 0 Å². The first-order valence-electron chi connectivity index (χ1n) is 4.96. The SMILES string of the molecule is Nc1ccc2oc(S(=O)CCC(F)(F)F)nc2c1. The summed E-state index contributed by atoms with van der Waals surface area (Å²) in [7, 11) is -1.91. The number of alkyl halides is 3. The quantitative estimate of drug-likeness (QED) is 0.876. The molecule has 1 unspecified atom stereocenters. The maximum atomic E-state index is 12.0. The number of aromatic nitrogens is 1. The molecule has 2 N–H and O–H groups in total. The number of nitrogen functional groups attached to an aromatic ring is 1. The van der Waals surface area contributed by atoms with Gasteiger partial charge in [0.15, 0.2) is 5.58 Å².